The Morgan fingerprint density at radius 3 is 2.48 bits per heavy atom. The molecule has 0 saturated carbocycles. The maximum atomic E-state index is 12.3. The maximum absolute atomic E-state index is 12.3. The molecule has 2 heterocycles. The molecule has 0 aromatic heterocycles. The molecule has 0 radical (unpaired) electrons. The SMILES string of the molecule is CC1=C(C(=O)OCc2ccc(C(=O)O)cc2)N2C(=O)CC2S(=O)(=O)C1. The van der Waals surface area contributed by atoms with Crippen molar-refractivity contribution in [2.75, 3.05) is 5.75 Å². The number of β-lactam (4-membered cyclic amide) rings is 1. The van der Waals surface area contributed by atoms with Gasteiger partial charge in [0.25, 0.3) is 0 Å². The highest BCUT2D eigenvalue weighted by Gasteiger charge is 2.52. The summed E-state index contributed by atoms with van der Waals surface area (Å²) in [4.78, 5) is 35.9. The van der Waals surface area contributed by atoms with Gasteiger partial charge >= 0.3 is 11.9 Å². The summed E-state index contributed by atoms with van der Waals surface area (Å²) in [6, 6.07) is 5.80. The number of rotatable bonds is 4. The molecule has 3 rings (SSSR count). The predicted molar refractivity (Wildman–Crippen MR) is 84.9 cm³/mol. The average molecular weight is 365 g/mol. The van der Waals surface area contributed by atoms with E-state index in [0.717, 1.165) is 4.90 Å². The smallest absolute Gasteiger partial charge is 0.355 e. The summed E-state index contributed by atoms with van der Waals surface area (Å²) >= 11 is 0. The number of hydrogen-bond acceptors (Lipinski definition) is 6. The molecule has 8 nitrogen and oxygen atoms in total. The topological polar surface area (TPSA) is 118 Å². The Balaban J connectivity index is 1.74. The van der Waals surface area contributed by atoms with E-state index in [2.05, 4.69) is 0 Å². The number of nitrogens with zero attached hydrogens (tertiary/aromatic N) is 1. The zero-order valence-corrected chi connectivity index (χ0v) is 14.1. The van der Waals surface area contributed by atoms with Crippen LogP contribution in [0.4, 0.5) is 0 Å². The molecule has 1 atom stereocenters. The standard InChI is InChI=1S/C16H15NO7S/c1-9-8-25(22,23)13-6-12(18)17(13)14(9)16(21)24-7-10-2-4-11(5-3-10)15(19)20/h2-5,13H,6-8H2,1H3,(H,19,20). The summed E-state index contributed by atoms with van der Waals surface area (Å²) in [6.45, 7) is 1.37. The molecule has 1 aromatic rings. The molecule has 25 heavy (non-hydrogen) atoms. The van der Waals surface area contributed by atoms with E-state index < -0.39 is 33.1 Å². The van der Waals surface area contributed by atoms with E-state index in [1.807, 2.05) is 0 Å². The summed E-state index contributed by atoms with van der Waals surface area (Å²) in [7, 11) is -3.47. The summed E-state index contributed by atoms with van der Waals surface area (Å²) in [5.74, 6) is -2.53. The number of ether oxygens (including phenoxy) is 1. The van der Waals surface area contributed by atoms with Crippen molar-refractivity contribution < 1.29 is 32.6 Å². The first-order valence-electron chi connectivity index (χ1n) is 7.43. The van der Waals surface area contributed by atoms with E-state index in [1.165, 1.54) is 31.2 Å². The molecular weight excluding hydrogens is 350 g/mol. The monoisotopic (exact) mass is 365 g/mol. The number of carboxylic acid groups (broad SMARTS) is 1. The van der Waals surface area contributed by atoms with Crippen molar-refractivity contribution in [2.45, 2.75) is 25.3 Å². The molecule has 0 spiro atoms. The van der Waals surface area contributed by atoms with Gasteiger partial charge in [-0.05, 0) is 30.2 Å². The fraction of sp³-hybridized carbons (Fsp3) is 0.312. The first-order chi connectivity index (χ1) is 11.7. The molecule has 9 heteroatoms. The van der Waals surface area contributed by atoms with Crippen LogP contribution in [0.5, 0.6) is 0 Å². The van der Waals surface area contributed by atoms with Gasteiger partial charge in [0.2, 0.25) is 5.91 Å². The Morgan fingerprint density at radius 1 is 1.28 bits per heavy atom. The third-order valence-corrected chi connectivity index (χ3v) is 6.19. The number of fused-ring (bicyclic) bond motifs is 1. The number of benzene rings is 1. The third kappa shape index (κ3) is 3.02. The van der Waals surface area contributed by atoms with Gasteiger partial charge in [0.1, 0.15) is 17.7 Å². The van der Waals surface area contributed by atoms with Crippen LogP contribution < -0.4 is 0 Å². The minimum Gasteiger partial charge on any atom is -0.478 e. The minimum absolute atomic E-state index is 0.0155. The Bertz CT molecular complexity index is 899. The molecule has 1 amide bonds. The van der Waals surface area contributed by atoms with E-state index in [0.29, 0.717) is 5.56 Å². The highest BCUT2D eigenvalue weighted by atomic mass is 32.2. The second-order valence-electron chi connectivity index (χ2n) is 5.94. The van der Waals surface area contributed by atoms with E-state index in [4.69, 9.17) is 9.84 Å². The predicted octanol–water partition coefficient (Wildman–Crippen LogP) is 0.689. The van der Waals surface area contributed by atoms with Crippen molar-refractivity contribution in [1.29, 1.82) is 0 Å². The Labute approximate surface area is 143 Å². The highest BCUT2D eigenvalue weighted by Crippen LogP contribution is 2.36. The number of sulfone groups is 1. The third-order valence-electron chi connectivity index (χ3n) is 4.15. The van der Waals surface area contributed by atoms with Gasteiger partial charge in [-0.15, -0.1) is 0 Å². The molecule has 1 saturated heterocycles. The number of carbonyl (C=O) groups is 3. The average Bonchev–Trinajstić information content (AvgIpc) is 2.53. The summed E-state index contributed by atoms with van der Waals surface area (Å²) in [6.07, 6.45) is -0.122. The maximum Gasteiger partial charge on any atom is 0.355 e. The van der Waals surface area contributed by atoms with Gasteiger partial charge in [-0.2, -0.15) is 0 Å². The van der Waals surface area contributed by atoms with Crippen molar-refractivity contribution in [3.05, 3.63) is 46.7 Å². The van der Waals surface area contributed by atoms with Gasteiger partial charge < -0.3 is 9.84 Å². The van der Waals surface area contributed by atoms with Gasteiger partial charge in [-0.25, -0.2) is 18.0 Å². The molecule has 2 aliphatic heterocycles. The minimum atomic E-state index is -3.47. The lowest BCUT2D eigenvalue weighted by Gasteiger charge is -2.43. The van der Waals surface area contributed by atoms with Crippen LogP contribution in [0.15, 0.2) is 35.5 Å². The number of carbonyl (C=O) groups excluding carboxylic acids is 2. The summed E-state index contributed by atoms with van der Waals surface area (Å²) in [5, 5.41) is 7.86. The van der Waals surface area contributed by atoms with Gasteiger partial charge in [-0.3, -0.25) is 9.69 Å². The number of aromatic carboxylic acids is 1. The largest absolute Gasteiger partial charge is 0.478 e. The lowest BCUT2D eigenvalue weighted by atomic mass is 10.1. The van der Waals surface area contributed by atoms with Crippen LogP contribution in [0.1, 0.15) is 29.3 Å². The lowest BCUT2D eigenvalue weighted by Crippen LogP contribution is -2.60. The van der Waals surface area contributed by atoms with Gasteiger partial charge in [0, 0.05) is 0 Å². The Hall–Kier alpha value is -2.68. The van der Waals surface area contributed by atoms with Crippen LogP contribution in [0.3, 0.4) is 0 Å². The molecule has 1 unspecified atom stereocenters. The van der Waals surface area contributed by atoms with E-state index in [9.17, 15) is 22.8 Å². The number of carboxylic acids is 1. The first-order valence-corrected chi connectivity index (χ1v) is 9.15. The van der Waals surface area contributed by atoms with Gasteiger partial charge in [0.05, 0.1) is 17.7 Å². The second kappa shape index (κ2) is 5.99. The van der Waals surface area contributed by atoms with E-state index in [1.54, 1.807) is 0 Å². The molecule has 0 aliphatic carbocycles. The van der Waals surface area contributed by atoms with Crippen LogP contribution in [0.2, 0.25) is 0 Å². The fourth-order valence-corrected chi connectivity index (χ4v) is 4.72. The molecular formula is C16H15NO7S. The van der Waals surface area contributed by atoms with Crippen molar-refractivity contribution >= 4 is 27.7 Å². The highest BCUT2D eigenvalue weighted by molar-refractivity contribution is 7.92. The molecule has 2 aliphatic rings. The van der Waals surface area contributed by atoms with E-state index in [-0.39, 0.29) is 35.6 Å². The quantitative estimate of drug-likeness (QED) is 0.616. The Kier molecular flexibility index (Phi) is 4.11. The van der Waals surface area contributed by atoms with Crippen molar-refractivity contribution in [3.8, 4) is 0 Å². The number of esters is 1. The normalized spacial score (nSPS) is 21.4. The van der Waals surface area contributed by atoms with E-state index >= 15 is 0 Å². The molecule has 1 fully saturated rings. The second-order valence-corrected chi connectivity index (χ2v) is 8.10. The molecule has 1 N–H and O–H groups in total. The van der Waals surface area contributed by atoms with Crippen LogP contribution >= 0.6 is 0 Å². The molecule has 132 valence electrons. The first kappa shape index (κ1) is 17.2. The van der Waals surface area contributed by atoms with Crippen LogP contribution in [-0.2, 0) is 30.8 Å². The van der Waals surface area contributed by atoms with Crippen LogP contribution in [0.25, 0.3) is 0 Å². The molecule has 1 aromatic carbocycles. The Morgan fingerprint density at radius 2 is 1.92 bits per heavy atom. The van der Waals surface area contributed by atoms with Crippen molar-refractivity contribution in [3.63, 3.8) is 0 Å². The zero-order valence-electron chi connectivity index (χ0n) is 13.3. The lowest BCUT2D eigenvalue weighted by molar-refractivity contribution is -0.150. The van der Waals surface area contributed by atoms with Gasteiger partial charge in [-0.1, -0.05) is 12.1 Å². The van der Waals surface area contributed by atoms with Crippen molar-refractivity contribution in [1.82, 2.24) is 4.90 Å². The zero-order chi connectivity index (χ0) is 18.4. The molecule has 0 bridgehead atoms. The number of hydrogen-bond donors (Lipinski definition) is 1. The summed E-state index contributed by atoms with van der Waals surface area (Å²) in [5.41, 5.74) is 0.945. The van der Waals surface area contributed by atoms with Crippen LogP contribution in [0, 0.1) is 0 Å². The van der Waals surface area contributed by atoms with Crippen LogP contribution in [-0.4, -0.2) is 47.4 Å². The number of amides is 1. The van der Waals surface area contributed by atoms with Crippen molar-refractivity contribution in [2.24, 2.45) is 0 Å². The fourth-order valence-electron chi connectivity index (χ4n) is 2.85. The summed E-state index contributed by atoms with van der Waals surface area (Å²) < 4.78 is 29.2. The van der Waals surface area contributed by atoms with Gasteiger partial charge in [0.15, 0.2) is 9.84 Å².